The van der Waals surface area contributed by atoms with Crippen LogP contribution in [0.25, 0.3) is 0 Å². The van der Waals surface area contributed by atoms with Crippen LogP contribution in [0.4, 0.5) is 13.6 Å². The van der Waals surface area contributed by atoms with Gasteiger partial charge in [0.05, 0.1) is 6.61 Å². The molecule has 0 atom stereocenters. The van der Waals surface area contributed by atoms with Crippen LogP contribution in [0.1, 0.15) is 19.3 Å². The largest absolute Gasteiger partial charge is 0.450 e. The maximum absolute atomic E-state index is 12.3. The first-order chi connectivity index (χ1) is 6.60. The number of ether oxygens (including phenoxy) is 1. The maximum atomic E-state index is 12.3. The van der Waals surface area contributed by atoms with Gasteiger partial charge in [0, 0.05) is 5.33 Å². The van der Waals surface area contributed by atoms with Gasteiger partial charge in [0.15, 0.2) is 0 Å². The Morgan fingerprint density at radius 1 is 1.57 bits per heavy atom. The van der Waals surface area contributed by atoms with Gasteiger partial charge in [-0.25, -0.2) is 13.6 Å². The Morgan fingerprint density at radius 2 is 2.21 bits per heavy atom. The molecule has 1 N–H and O–H groups in total. The molecule has 0 heterocycles. The van der Waals surface area contributed by atoms with Crippen LogP contribution in [-0.2, 0) is 4.74 Å². The Kier molecular flexibility index (Phi) is 4.10. The molecule has 0 spiro atoms. The van der Waals surface area contributed by atoms with E-state index in [0.29, 0.717) is 19.3 Å². The van der Waals surface area contributed by atoms with Gasteiger partial charge in [-0.2, -0.15) is 0 Å². The number of nitrogens with one attached hydrogen (secondary N) is 1. The monoisotopic (exact) mass is 271 g/mol. The molecular formula is C8H12BrF2NO2. The number of hydrogen-bond donors (Lipinski definition) is 1. The van der Waals surface area contributed by atoms with Gasteiger partial charge in [0.25, 0.3) is 6.43 Å². The van der Waals surface area contributed by atoms with E-state index >= 15 is 0 Å². The maximum Gasteiger partial charge on any atom is 0.407 e. The topological polar surface area (TPSA) is 38.3 Å². The van der Waals surface area contributed by atoms with E-state index in [1.54, 1.807) is 0 Å². The molecule has 0 radical (unpaired) electrons. The molecule has 14 heavy (non-hydrogen) atoms. The van der Waals surface area contributed by atoms with Gasteiger partial charge in [-0.1, -0.05) is 15.9 Å². The molecule has 0 aromatic heterocycles. The molecule has 1 amide bonds. The molecule has 1 aliphatic carbocycles. The van der Waals surface area contributed by atoms with E-state index in [9.17, 15) is 13.6 Å². The van der Waals surface area contributed by atoms with E-state index < -0.39 is 18.1 Å². The Bertz CT molecular complexity index is 210. The third-order valence-corrected chi connectivity index (χ3v) is 2.63. The van der Waals surface area contributed by atoms with Crippen molar-refractivity contribution in [2.24, 2.45) is 0 Å². The summed E-state index contributed by atoms with van der Waals surface area (Å²) in [4.78, 5) is 11.0. The molecule has 1 rings (SSSR count). The number of amides is 1. The molecule has 0 bridgehead atoms. The highest BCUT2D eigenvalue weighted by atomic mass is 79.9. The second kappa shape index (κ2) is 4.91. The van der Waals surface area contributed by atoms with Gasteiger partial charge < -0.3 is 10.1 Å². The average Bonchev–Trinajstić information content (AvgIpc) is 2.86. The lowest BCUT2D eigenvalue weighted by Gasteiger charge is -2.15. The van der Waals surface area contributed by atoms with Gasteiger partial charge in [-0.15, -0.1) is 0 Å². The highest BCUT2D eigenvalue weighted by Crippen LogP contribution is 2.40. The van der Waals surface area contributed by atoms with Crippen LogP contribution in [-0.4, -0.2) is 30.0 Å². The number of carbonyl (C=O) groups excluding carboxylic acids is 1. The summed E-state index contributed by atoms with van der Waals surface area (Å²) in [6.45, 7) is 0.246. The molecular weight excluding hydrogens is 260 g/mol. The van der Waals surface area contributed by atoms with Crippen molar-refractivity contribution in [3.05, 3.63) is 0 Å². The zero-order valence-electron chi connectivity index (χ0n) is 7.56. The first-order valence-corrected chi connectivity index (χ1v) is 5.52. The Labute approximate surface area is 89.3 Å². The van der Waals surface area contributed by atoms with Crippen molar-refractivity contribution >= 4 is 22.0 Å². The fourth-order valence-corrected chi connectivity index (χ4v) is 1.22. The fraction of sp³-hybridized carbons (Fsp3) is 0.875. The van der Waals surface area contributed by atoms with Crippen molar-refractivity contribution in [1.82, 2.24) is 5.32 Å². The predicted octanol–water partition coefficient (Wildman–Crippen LogP) is 2.30. The van der Waals surface area contributed by atoms with Crippen LogP contribution >= 0.6 is 15.9 Å². The average molecular weight is 272 g/mol. The summed E-state index contributed by atoms with van der Waals surface area (Å²) in [7, 11) is 0. The fourth-order valence-electron chi connectivity index (χ4n) is 0.991. The lowest BCUT2D eigenvalue weighted by atomic mass is 10.3. The van der Waals surface area contributed by atoms with Crippen LogP contribution in [0.15, 0.2) is 0 Å². The van der Waals surface area contributed by atoms with E-state index in [1.807, 2.05) is 0 Å². The van der Waals surface area contributed by atoms with Crippen molar-refractivity contribution in [2.75, 3.05) is 11.9 Å². The van der Waals surface area contributed by atoms with Gasteiger partial charge in [0.2, 0.25) is 0 Å². The number of alkyl carbamates (subject to hydrolysis) is 1. The number of hydrogen-bond acceptors (Lipinski definition) is 2. The van der Waals surface area contributed by atoms with Gasteiger partial charge in [-0.3, -0.25) is 0 Å². The summed E-state index contributed by atoms with van der Waals surface area (Å²) in [6.07, 6.45) is -1.92. The smallest absolute Gasteiger partial charge is 0.407 e. The lowest BCUT2D eigenvalue weighted by Crippen LogP contribution is -2.42. The molecule has 1 aliphatic rings. The van der Waals surface area contributed by atoms with E-state index in [-0.39, 0.29) is 6.61 Å². The minimum absolute atomic E-state index is 0.246. The van der Waals surface area contributed by atoms with Crippen LogP contribution < -0.4 is 5.32 Å². The summed E-state index contributed by atoms with van der Waals surface area (Å²) >= 11 is 3.16. The highest BCUT2D eigenvalue weighted by molar-refractivity contribution is 9.09. The summed E-state index contributed by atoms with van der Waals surface area (Å²) in [5, 5.41) is 2.92. The summed E-state index contributed by atoms with van der Waals surface area (Å²) < 4.78 is 29.4. The quantitative estimate of drug-likeness (QED) is 0.616. The first-order valence-electron chi connectivity index (χ1n) is 4.40. The van der Waals surface area contributed by atoms with Crippen LogP contribution in [0.5, 0.6) is 0 Å². The minimum Gasteiger partial charge on any atom is -0.450 e. The van der Waals surface area contributed by atoms with Gasteiger partial charge >= 0.3 is 6.09 Å². The number of alkyl halides is 3. The molecule has 82 valence electrons. The standard InChI is InChI=1S/C8H12BrF2NO2/c9-4-1-5-14-7(13)12-8(2-3-8)6(10)11/h6H,1-5H2,(H,12,13). The van der Waals surface area contributed by atoms with Crippen LogP contribution in [0.3, 0.4) is 0 Å². The zero-order chi connectivity index (χ0) is 10.6. The van der Waals surface area contributed by atoms with Crippen LogP contribution in [0.2, 0.25) is 0 Å². The number of rotatable bonds is 5. The molecule has 6 heteroatoms. The summed E-state index contributed by atoms with van der Waals surface area (Å²) in [5.74, 6) is 0. The third-order valence-electron chi connectivity index (χ3n) is 2.07. The van der Waals surface area contributed by atoms with Crippen molar-refractivity contribution in [1.29, 1.82) is 0 Å². The lowest BCUT2D eigenvalue weighted by molar-refractivity contribution is 0.0748. The molecule has 0 aliphatic heterocycles. The molecule has 1 fully saturated rings. The molecule has 1 saturated carbocycles. The predicted molar refractivity (Wildman–Crippen MR) is 50.9 cm³/mol. The summed E-state index contributed by atoms with van der Waals surface area (Å²) in [6, 6.07) is 0. The third kappa shape index (κ3) is 3.08. The van der Waals surface area contributed by atoms with Crippen molar-refractivity contribution in [3.8, 4) is 0 Å². The van der Waals surface area contributed by atoms with Gasteiger partial charge in [0.1, 0.15) is 5.54 Å². The summed E-state index contributed by atoms with van der Waals surface area (Å²) in [5.41, 5.74) is -1.30. The number of halogens is 3. The minimum atomic E-state index is -2.51. The second-order valence-electron chi connectivity index (χ2n) is 3.26. The van der Waals surface area contributed by atoms with E-state index in [1.165, 1.54) is 0 Å². The first kappa shape index (κ1) is 11.7. The van der Waals surface area contributed by atoms with E-state index in [4.69, 9.17) is 4.74 Å². The van der Waals surface area contributed by atoms with Gasteiger partial charge in [-0.05, 0) is 19.3 Å². The zero-order valence-corrected chi connectivity index (χ0v) is 9.15. The Morgan fingerprint density at radius 3 is 2.64 bits per heavy atom. The van der Waals surface area contributed by atoms with E-state index in [0.717, 1.165) is 5.33 Å². The molecule has 0 saturated heterocycles. The second-order valence-corrected chi connectivity index (χ2v) is 4.05. The highest BCUT2D eigenvalue weighted by Gasteiger charge is 2.52. The Balaban J connectivity index is 2.20. The number of carbonyl (C=O) groups is 1. The van der Waals surface area contributed by atoms with E-state index in [2.05, 4.69) is 21.2 Å². The van der Waals surface area contributed by atoms with Crippen LogP contribution in [0, 0.1) is 0 Å². The normalized spacial score (nSPS) is 18.0. The molecule has 0 unspecified atom stereocenters. The van der Waals surface area contributed by atoms with Crippen molar-refractivity contribution < 1.29 is 18.3 Å². The SMILES string of the molecule is O=C(NC1(C(F)F)CC1)OCCCBr. The van der Waals surface area contributed by atoms with Crippen molar-refractivity contribution in [3.63, 3.8) is 0 Å². The molecule has 3 nitrogen and oxygen atoms in total. The molecule has 0 aromatic carbocycles. The Hall–Kier alpha value is -0.390. The van der Waals surface area contributed by atoms with Crippen molar-refractivity contribution in [2.45, 2.75) is 31.2 Å². The molecule has 0 aromatic rings.